The lowest BCUT2D eigenvalue weighted by Crippen LogP contribution is -2.57. The van der Waals surface area contributed by atoms with E-state index in [-0.39, 0.29) is 0 Å². The van der Waals surface area contributed by atoms with Gasteiger partial charge in [0.15, 0.2) is 0 Å². The maximum absolute atomic E-state index is 5.76. The molecule has 2 heterocycles. The Kier molecular flexibility index (Phi) is 2.10. The summed E-state index contributed by atoms with van der Waals surface area (Å²) in [6.45, 7) is 0. The summed E-state index contributed by atoms with van der Waals surface area (Å²) in [6.07, 6.45) is 7.66. The first kappa shape index (κ1) is 9.17. The van der Waals surface area contributed by atoms with Gasteiger partial charge in [-0.15, -0.1) is 0 Å². The van der Waals surface area contributed by atoms with Crippen molar-refractivity contribution in [1.82, 2.24) is 4.90 Å². The monoisotopic (exact) mass is 195 g/mol. The molecule has 3 rings (SSSR count). The maximum Gasteiger partial charge on any atom is 0.0657 e. The zero-order chi connectivity index (χ0) is 9.71. The van der Waals surface area contributed by atoms with Gasteiger partial charge in [-0.1, -0.05) is 6.42 Å². The molecule has 3 fully saturated rings. The predicted molar refractivity (Wildman–Crippen MR) is 56.2 cm³/mol. The minimum atomic E-state index is 0.581. The van der Waals surface area contributed by atoms with Crippen molar-refractivity contribution >= 4 is 0 Å². The van der Waals surface area contributed by atoms with Gasteiger partial charge in [0.25, 0.3) is 0 Å². The van der Waals surface area contributed by atoms with E-state index in [1.807, 2.05) is 7.11 Å². The van der Waals surface area contributed by atoms with Crippen molar-refractivity contribution in [1.29, 1.82) is 0 Å². The van der Waals surface area contributed by atoms with Gasteiger partial charge >= 0.3 is 0 Å². The summed E-state index contributed by atoms with van der Waals surface area (Å²) >= 11 is 0. The molecular formula is C12H21NO. The number of rotatable bonds is 1. The number of ether oxygens (including phenoxy) is 1. The molecule has 0 N–H and O–H groups in total. The van der Waals surface area contributed by atoms with Crippen molar-refractivity contribution in [3.05, 3.63) is 0 Å². The van der Waals surface area contributed by atoms with Crippen molar-refractivity contribution in [2.45, 2.75) is 50.3 Å². The Labute approximate surface area is 86.6 Å². The molecule has 0 aromatic rings. The lowest BCUT2D eigenvalue weighted by Gasteiger charge is -2.50. The molecule has 2 saturated heterocycles. The Balaban J connectivity index is 1.93. The normalized spacial score (nSPS) is 52.3. The van der Waals surface area contributed by atoms with Gasteiger partial charge in [-0.05, 0) is 32.7 Å². The fourth-order valence-corrected chi connectivity index (χ4v) is 4.43. The third-order valence-corrected chi connectivity index (χ3v) is 4.98. The fourth-order valence-electron chi connectivity index (χ4n) is 4.43. The average molecular weight is 195 g/mol. The second-order valence-electron chi connectivity index (χ2n) is 5.34. The number of piperidine rings is 1. The van der Waals surface area contributed by atoms with E-state index in [0.29, 0.717) is 6.10 Å². The zero-order valence-corrected chi connectivity index (χ0v) is 9.28. The Morgan fingerprint density at radius 3 is 2.07 bits per heavy atom. The van der Waals surface area contributed by atoms with Gasteiger partial charge in [-0.25, -0.2) is 0 Å². The second-order valence-corrected chi connectivity index (χ2v) is 5.34. The molecule has 0 amide bonds. The Bertz CT molecular complexity index is 210. The largest absolute Gasteiger partial charge is 0.381 e. The molecule has 3 aliphatic rings. The third kappa shape index (κ3) is 1.04. The van der Waals surface area contributed by atoms with Crippen molar-refractivity contribution in [3.63, 3.8) is 0 Å². The van der Waals surface area contributed by atoms with E-state index in [1.165, 1.54) is 32.1 Å². The number of fused-ring (bicyclic) bond motifs is 6. The molecule has 4 bridgehead atoms. The molecule has 2 aliphatic heterocycles. The molecule has 1 aliphatic carbocycles. The van der Waals surface area contributed by atoms with E-state index in [2.05, 4.69) is 11.9 Å². The van der Waals surface area contributed by atoms with Crippen molar-refractivity contribution in [2.75, 3.05) is 14.2 Å². The van der Waals surface area contributed by atoms with Crippen LogP contribution in [0.5, 0.6) is 0 Å². The van der Waals surface area contributed by atoms with E-state index < -0.39 is 0 Å². The van der Waals surface area contributed by atoms with Crippen LogP contribution in [0.2, 0.25) is 0 Å². The maximum atomic E-state index is 5.76. The van der Waals surface area contributed by atoms with Crippen LogP contribution < -0.4 is 0 Å². The highest BCUT2D eigenvalue weighted by Crippen LogP contribution is 2.49. The molecule has 1 saturated carbocycles. The highest BCUT2D eigenvalue weighted by atomic mass is 16.5. The van der Waals surface area contributed by atoms with Gasteiger partial charge < -0.3 is 4.74 Å². The Morgan fingerprint density at radius 1 is 1.00 bits per heavy atom. The average Bonchev–Trinajstić information content (AvgIpc) is 2.54. The molecule has 4 atom stereocenters. The first-order valence-electron chi connectivity index (χ1n) is 6.07. The Hall–Kier alpha value is -0.0800. The standard InChI is InChI=1S/C12H21NO/c1-13-10-6-7-11(13)9-5-3-4-8(10)12(9)14-2/h8-12H,3-7H2,1-2H3. The van der Waals surface area contributed by atoms with Gasteiger partial charge in [0.1, 0.15) is 0 Å². The zero-order valence-electron chi connectivity index (χ0n) is 9.28. The SMILES string of the molecule is COC1C2CCCC1C1CCC2N1C. The van der Waals surface area contributed by atoms with Crippen LogP contribution in [0.4, 0.5) is 0 Å². The third-order valence-electron chi connectivity index (χ3n) is 4.98. The highest BCUT2D eigenvalue weighted by Gasteiger charge is 2.52. The molecular weight excluding hydrogens is 174 g/mol. The smallest absolute Gasteiger partial charge is 0.0657 e. The van der Waals surface area contributed by atoms with Crippen LogP contribution in [0, 0.1) is 11.8 Å². The van der Waals surface area contributed by atoms with E-state index in [0.717, 1.165) is 23.9 Å². The predicted octanol–water partition coefficient (Wildman–Crippen LogP) is 1.89. The molecule has 14 heavy (non-hydrogen) atoms. The number of nitrogens with zero attached hydrogens (tertiary/aromatic N) is 1. The van der Waals surface area contributed by atoms with E-state index >= 15 is 0 Å². The molecule has 0 spiro atoms. The molecule has 0 aromatic carbocycles. The van der Waals surface area contributed by atoms with E-state index in [4.69, 9.17) is 4.74 Å². The summed E-state index contributed by atoms with van der Waals surface area (Å²) in [5.74, 6) is 1.67. The molecule has 2 nitrogen and oxygen atoms in total. The van der Waals surface area contributed by atoms with Crippen LogP contribution in [0.25, 0.3) is 0 Å². The summed E-state index contributed by atoms with van der Waals surface area (Å²) in [6, 6.07) is 1.67. The molecule has 0 radical (unpaired) electrons. The molecule has 2 heteroatoms. The van der Waals surface area contributed by atoms with Crippen LogP contribution >= 0.6 is 0 Å². The van der Waals surface area contributed by atoms with Crippen LogP contribution in [0.3, 0.4) is 0 Å². The summed E-state index contributed by atoms with van der Waals surface area (Å²) in [7, 11) is 4.25. The summed E-state index contributed by atoms with van der Waals surface area (Å²) in [5, 5.41) is 0. The first-order chi connectivity index (χ1) is 6.83. The van der Waals surface area contributed by atoms with Crippen molar-refractivity contribution in [3.8, 4) is 0 Å². The van der Waals surface area contributed by atoms with Crippen molar-refractivity contribution in [2.24, 2.45) is 11.8 Å². The lowest BCUT2D eigenvalue weighted by molar-refractivity contribution is -0.101. The molecule has 4 unspecified atom stereocenters. The molecule has 0 aromatic heterocycles. The highest BCUT2D eigenvalue weighted by molar-refractivity contribution is 5.05. The quantitative estimate of drug-likeness (QED) is 0.633. The second kappa shape index (κ2) is 3.21. The number of methoxy groups -OCH3 is 1. The minimum Gasteiger partial charge on any atom is -0.381 e. The topological polar surface area (TPSA) is 12.5 Å². The van der Waals surface area contributed by atoms with Crippen LogP contribution in [-0.2, 0) is 4.74 Å². The van der Waals surface area contributed by atoms with Gasteiger partial charge in [0.2, 0.25) is 0 Å². The summed E-state index contributed by atoms with van der Waals surface area (Å²) in [4.78, 5) is 2.66. The number of hydrogen-bond acceptors (Lipinski definition) is 2. The minimum absolute atomic E-state index is 0.581. The van der Waals surface area contributed by atoms with Gasteiger partial charge in [-0.3, -0.25) is 4.90 Å². The fraction of sp³-hybridized carbons (Fsp3) is 1.00. The van der Waals surface area contributed by atoms with Crippen LogP contribution in [-0.4, -0.2) is 37.2 Å². The van der Waals surface area contributed by atoms with E-state index in [1.54, 1.807) is 0 Å². The van der Waals surface area contributed by atoms with Crippen molar-refractivity contribution < 1.29 is 4.74 Å². The van der Waals surface area contributed by atoms with Gasteiger partial charge in [0.05, 0.1) is 6.10 Å². The molecule has 80 valence electrons. The van der Waals surface area contributed by atoms with Gasteiger partial charge in [-0.2, -0.15) is 0 Å². The van der Waals surface area contributed by atoms with Gasteiger partial charge in [0, 0.05) is 31.0 Å². The first-order valence-corrected chi connectivity index (χ1v) is 6.07. The summed E-state index contributed by atoms with van der Waals surface area (Å²) < 4.78 is 5.76. The summed E-state index contributed by atoms with van der Waals surface area (Å²) in [5.41, 5.74) is 0. The Morgan fingerprint density at radius 2 is 1.57 bits per heavy atom. The van der Waals surface area contributed by atoms with Crippen LogP contribution in [0.1, 0.15) is 32.1 Å². The van der Waals surface area contributed by atoms with E-state index in [9.17, 15) is 0 Å². The number of hydrogen-bond donors (Lipinski definition) is 0. The lowest BCUT2D eigenvalue weighted by atomic mass is 9.71. The van der Waals surface area contributed by atoms with Crippen LogP contribution in [0.15, 0.2) is 0 Å².